The summed E-state index contributed by atoms with van der Waals surface area (Å²) < 4.78 is 22.3. The Bertz CT molecular complexity index is 943. The molecule has 2 amide bonds. The zero-order valence-electron chi connectivity index (χ0n) is 25.0. The largest absolute Gasteiger partial charge is 0.493 e. The van der Waals surface area contributed by atoms with Gasteiger partial charge in [0.2, 0.25) is 0 Å². The van der Waals surface area contributed by atoms with E-state index in [1.54, 1.807) is 32.4 Å². The number of carbonyl (C=O) groups excluding carboxylic acids is 2. The van der Waals surface area contributed by atoms with Crippen LogP contribution in [0.25, 0.3) is 0 Å². The second-order valence-electron chi connectivity index (χ2n) is 11.9. The highest BCUT2D eigenvalue weighted by Crippen LogP contribution is 2.31. The zero-order valence-corrected chi connectivity index (χ0v) is 25.0. The highest BCUT2D eigenvalue weighted by Gasteiger charge is 2.39. The first-order valence-corrected chi connectivity index (χ1v) is 14.4. The fraction of sp³-hybridized carbons (Fsp3) is 0.733. The number of rotatable bonds is 13. The van der Waals surface area contributed by atoms with Crippen LogP contribution in [-0.2, 0) is 9.47 Å². The van der Waals surface area contributed by atoms with Crippen LogP contribution >= 0.6 is 0 Å². The van der Waals surface area contributed by atoms with E-state index in [2.05, 4.69) is 5.32 Å². The summed E-state index contributed by atoms with van der Waals surface area (Å²) in [6.07, 6.45) is 5.42. The second-order valence-corrected chi connectivity index (χ2v) is 11.9. The molecule has 9 nitrogen and oxygen atoms in total. The Balaban J connectivity index is 1.77. The van der Waals surface area contributed by atoms with Crippen LogP contribution in [0.1, 0.15) is 83.5 Å². The summed E-state index contributed by atoms with van der Waals surface area (Å²) in [6, 6.07) is 5.84. The average molecular weight is 548 g/mol. The molecule has 2 aliphatic rings. The van der Waals surface area contributed by atoms with Crippen molar-refractivity contribution in [2.45, 2.75) is 103 Å². The Morgan fingerprint density at radius 1 is 1.08 bits per heavy atom. The first-order valence-electron chi connectivity index (χ1n) is 14.4. The van der Waals surface area contributed by atoms with Crippen molar-refractivity contribution in [1.29, 1.82) is 0 Å². The van der Waals surface area contributed by atoms with E-state index in [9.17, 15) is 9.59 Å². The standard InChI is InChI=1S/C30H49N3O6/c1-21(2)33(28(34)22-9-14-26(37-7)27(19-22)38-18-8-17-36-6)25-13-12-24(15-16-31-23-10-11-23)32(20-25)29(35)39-30(3,4)5/h9,14,19,21,23-25,31H,8,10-13,15-18,20H2,1-7H3. The third-order valence-electron chi connectivity index (χ3n) is 7.14. The van der Waals surface area contributed by atoms with E-state index in [0.29, 0.717) is 42.9 Å². The summed E-state index contributed by atoms with van der Waals surface area (Å²) in [4.78, 5) is 31.0. The normalized spacial score (nSPS) is 19.6. The van der Waals surface area contributed by atoms with Crippen molar-refractivity contribution in [2.24, 2.45) is 0 Å². The van der Waals surface area contributed by atoms with E-state index >= 15 is 0 Å². The molecule has 1 N–H and O–H groups in total. The molecule has 0 bridgehead atoms. The molecule has 2 atom stereocenters. The van der Waals surface area contributed by atoms with Crippen LogP contribution in [0.3, 0.4) is 0 Å². The molecule has 2 fully saturated rings. The third-order valence-corrected chi connectivity index (χ3v) is 7.14. The number of hydrogen-bond acceptors (Lipinski definition) is 7. The molecular weight excluding hydrogens is 498 g/mol. The number of piperidine rings is 1. The van der Waals surface area contributed by atoms with Crippen LogP contribution < -0.4 is 14.8 Å². The van der Waals surface area contributed by atoms with Gasteiger partial charge in [0, 0.05) is 50.4 Å². The summed E-state index contributed by atoms with van der Waals surface area (Å²) in [6.45, 7) is 12.1. The number of amides is 2. The molecule has 220 valence electrons. The molecule has 1 saturated carbocycles. The molecule has 2 unspecified atom stereocenters. The topological polar surface area (TPSA) is 89.6 Å². The average Bonchev–Trinajstić information content (AvgIpc) is 3.70. The van der Waals surface area contributed by atoms with Crippen molar-refractivity contribution < 1.29 is 28.5 Å². The van der Waals surface area contributed by atoms with Gasteiger partial charge in [-0.2, -0.15) is 0 Å². The summed E-state index contributed by atoms with van der Waals surface area (Å²) in [7, 11) is 3.24. The van der Waals surface area contributed by atoms with Crippen LogP contribution in [-0.4, -0.2) is 92.1 Å². The van der Waals surface area contributed by atoms with Crippen LogP contribution in [0.2, 0.25) is 0 Å². The maximum atomic E-state index is 13.9. The lowest BCUT2D eigenvalue weighted by Gasteiger charge is -2.45. The summed E-state index contributed by atoms with van der Waals surface area (Å²) in [5, 5.41) is 3.57. The Labute approximate surface area is 234 Å². The number of benzene rings is 1. The van der Waals surface area contributed by atoms with Gasteiger partial charge in [0.25, 0.3) is 5.91 Å². The molecule has 1 aliphatic carbocycles. The molecule has 39 heavy (non-hydrogen) atoms. The van der Waals surface area contributed by atoms with Crippen molar-refractivity contribution in [3.05, 3.63) is 23.8 Å². The van der Waals surface area contributed by atoms with Gasteiger partial charge < -0.3 is 34.1 Å². The molecule has 1 heterocycles. The molecule has 0 aromatic heterocycles. The van der Waals surface area contributed by atoms with Crippen molar-refractivity contribution in [3.63, 3.8) is 0 Å². The van der Waals surface area contributed by atoms with Gasteiger partial charge in [-0.3, -0.25) is 4.79 Å². The highest BCUT2D eigenvalue weighted by molar-refractivity contribution is 5.95. The van der Waals surface area contributed by atoms with Gasteiger partial charge in [-0.05, 0) is 91.5 Å². The minimum atomic E-state index is -0.586. The first kappa shape index (κ1) is 31.0. The van der Waals surface area contributed by atoms with Gasteiger partial charge in [0.05, 0.1) is 19.8 Å². The first-order chi connectivity index (χ1) is 18.5. The van der Waals surface area contributed by atoms with E-state index in [1.807, 2.05) is 44.4 Å². The minimum Gasteiger partial charge on any atom is -0.493 e. The maximum Gasteiger partial charge on any atom is 0.410 e. The quantitative estimate of drug-likeness (QED) is 0.353. The predicted molar refractivity (Wildman–Crippen MR) is 152 cm³/mol. The van der Waals surface area contributed by atoms with Gasteiger partial charge in [0.15, 0.2) is 11.5 Å². The van der Waals surface area contributed by atoms with Crippen molar-refractivity contribution in [2.75, 3.05) is 40.5 Å². The smallest absolute Gasteiger partial charge is 0.410 e. The molecule has 3 rings (SSSR count). The van der Waals surface area contributed by atoms with E-state index in [1.165, 1.54) is 12.8 Å². The van der Waals surface area contributed by atoms with Crippen LogP contribution in [0.5, 0.6) is 11.5 Å². The lowest BCUT2D eigenvalue weighted by atomic mass is 9.94. The predicted octanol–water partition coefficient (Wildman–Crippen LogP) is 4.87. The Morgan fingerprint density at radius 3 is 2.44 bits per heavy atom. The SMILES string of the molecule is COCCCOc1cc(C(=O)N(C(C)C)C2CCC(CCNC3CC3)N(C(=O)OC(C)(C)C)C2)ccc1OC. The number of methoxy groups -OCH3 is 2. The summed E-state index contributed by atoms with van der Waals surface area (Å²) >= 11 is 0. The number of hydrogen-bond donors (Lipinski definition) is 1. The molecule has 1 aliphatic heterocycles. The number of carbonyl (C=O) groups is 2. The van der Waals surface area contributed by atoms with Crippen LogP contribution in [0, 0.1) is 0 Å². The van der Waals surface area contributed by atoms with Gasteiger partial charge in [0.1, 0.15) is 5.60 Å². The lowest BCUT2D eigenvalue weighted by Crippen LogP contribution is -2.57. The van der Waals surface area contributed by atoms with E-state index in [4.69, 9.17) is 18.9 Å². The van der Waals surface area contributed by atoms with Gasteiger partial charge in [-0.1, -0.05) is 0 Å². The zero-order chi connectivity index (χ0) is 28.6. The second kappa shape index (κ2) is 14.2. The molecule has 1 aromatic rings. The number of ether oxygens (including phenoxy) is 4. The molecule has 1 saturated heterocycles. The van der Waals surface area contributed by atoms with Gasteiger partial charge in [-0.15, -0.1) is 0 Å². The van der Waals surface area contributed by atoms with Crippen molar-refractivity contribution in [3.8, 4) is 11.5 Å². The fourth-order valence-electron chi connectivity index (χ4n) is 5.10. The summed E-state index contributed by atoms with van der Waals surface area (Å²) in [5.41, 5.74) is -0.0530. The monoisotopic (exact) mass is 547 g/mol. The number of nitrogens with zero attached hydrogens (tertiary/aromatic N) is 2. The lowest BCUT2D eigenvalue weighted by molar-refractivity contribution is -0.00785. The molecule has 0 radical (unpaired) electrons. The Kier molecular flexibility index (Phi) is 11.3. The Morgan fingerprint density at radius 2 is 1.82 bits per heavy atom. The summed E-state index contributed by atoms with van der Waals surface area (Å²) in [5.74, 6) is 1.03. The van der Waals surface area contributed by atoms with Crippen molar-refractivity contribution in [1.82, 2.24) is 15.1 Å². The molecule has 0 spiro atoms. The minimum absolute atomic E-state index is 0.0516. The van der Waals surface area contributed by atoms with Crippen LogP contribution in [0.15, 0.2) is 18.2 Å². The van der Waals surface area contributed by atoms with E-state index in [-0.39, 0.29) is 30.1 Å². The van der Waals surface area contributed by atoms with Gasteiger partial charge in [-0.25, -0.2) is 4.79 Å². The highest BCUT2D eigenvalue weighted by atomic mass is 16.6. The van der Waals surface area contributed by atoms with Gasteiger partial charge >= 0.3 is 6.09 Å². The molecule has 1 aromatic carbocycles. The van der Waals surface area contributed by atoms with Crippen molar-refractivity contribution >= 4 is 12.0 Å². The third kappa shape index (κ3) is 9.28. The van der Waals surface area contributed by atoms with E-state index < -0.39 is 5.60 Å². The van der Waals surface area contributed by atoms with E-state index in [0.717, 1.165) is 32.2 Å². The number of nitrogens with one attached hydrogen (secondary N) is 1. The number of likely N-dealkylation sites (tertiary alicyclic amines) is 1. The molecular formula is C30H49N3O6. The maximum absolute atomic E-state index is 13.9. The fourth-order valence-corrected chi connectivity index (χ4v) is 5.10. The Hall–Kier alpha value is -2.52. The molecule has 9 heteroatoms. The van der Waals surface area contributed by atoms with Crippen LogP contribution in [0.4, 0.5) is 4.79 Å².